The third kappa shape index (κ3) is 5.08. The van der Waals surface area contributed by atoms with Gasteiger partial charge in [0.25, 0.3) is 0 Å². The molecule has 38 heavy (non-hydrogen) atoms. The van der Waals surface area contributed by atoms with Crippen molar-refractivity contribution < 1.29 is 9.47 Å². The number of aryl methyl sites for hydroxylation is 1. The molecule has 3 fully saturated rings. The highest BCUT2D eigenvalue weighted by Gasteiger charge is 2.30. The van der Waals surface area contributed by atoms with Crippen LogP contribution in [0.2, 0.25) is 0 Å². The zero-order valence-corrected chi connectivity index (χ0v) is 23.6. The largest absolute Gasteiger partial charge is 0.493 e. The Hall–Kier alpha value is -2.50. The fourth-order valence-electron chi connectivity index (χ4n) is 7.58. The standard InChI is InChI=1S/C33H45N3O2/c1-23-29-21-25(10-12-30(29)34-33(23)26-11-13-31(37-2)32(22-26)38-3)24-14-18-36(19-15-24)28-9-6-17-35(20-16-28)27-7-4-5-8-27/h10-13,21-22,24,27-28,34H,4-9,14-20H2,1-3H3. The van der Waals surface area contributed by atoms with Crippen LogP contribution in [0.1, 0.15) is 74.8 Å². The number of hydrogen-bond donors (Lipinski definition) is 1. The number of methoxy groups -OCH3 is 2. The van der Waals surface area contributed by atoms with Crippen LogP contribution in [-0.2, 0) is 0 Å². The van der Waals surface area contributed by atoms with Crippen LogP contribution in [0.25, 0.3) is 22.2 Å². The predicted octanol–water partition coefficient (Wildman–Crippen LogP) is 7.14. The number of fused-ring (bicyclic) bond motifs is 1. The highest BCUT2D eigenvalue weighted by Crippen LogP contribution is 2.38. The first-order valence-electron chi connectivity index (χ1n) is 15.0. The van der Waals surface area contributed by atoms with Crippen molar-refractivity contribution in [3.05, 3.63) is 47.5 Å². The zero-order valence-electron chi connectivity index (χ0n) is 23.6. The number of hydrogen-bond acceptors (Lipinski definition) is 4. The molecule has 1 N–H and O–H groups in total. The summed E-state index contributed by atoms with van der Waals surface area (Å²) in [5.74, 6) is 2.18. The van der Waals surface area contributed by atoms with Gasteiger partial charge in [-0.3, -0.25) is 0 Å². The fraction of sp³-hybridized carbons (Fsp3) is 0.576. The van der Waals surface area contributed by atoms with Crippen molar-refractivity contribution in [1.82, 2.24) is 14.8 Å². The van der Waals surface area contributed by atoms with Gasteiger partial charge in [-0.15, -0.1) is 0 Å². The molecule has 2 saturated heterocycles. The summed E-state index contributed by atoms with van der Waals surface area (Å²) in [7, 11) is 3.37. The van der Waals surface area contributed by atoms with Gasteiger partial charge in [-0.05, 0) is 125 Å². The Bertz CT molecular complexity index is 1240. The smallest absolute Gasteiger partial charge is 0.161 e. The Labute approximate surface area is 228 Å². The number of H-pyrrole nitrogens is 1. The number of rotatable bonds is 6. The molecule has 3 aromatic rings. The van der Waals surface area contributed by atoms with E-state index in [2.05, 4.69) is 52.0 Å². The first-order chi connectivity index (χ1) is 18.6. The van der Waals surface area contributed by atoms with E-state index in [0.29, 0.717) is 5.92 Å². The van der Waals surface area contributed by atoms with Crippen molar-refractivity contribution in [1.29, 1.82) is 0 Å². The molecule has 5 heteroatoms. The van der Waals surface area contributed by atoms with E-state index in [0.717, 1.165) is 34.8 Å². The molecule has 0 spiro atoms. The number of ether oxygens (including phenoxy) is 2. The van der Waals surface area contributed by atoms with Crippen LogP contribution >= 0.6 is 0 Å². The van der Waals surface area contributed by atoms with Gasteiger partial charge in [-0.2, -0.15) is 0 Å². The number of aromatic nitrogens is 1. The van der Waals surface area contributed by atoms with Gasteiger partial charge in [-0.25, -0.2) is 0 Å². The SMILES string of the molecule is COc1ccc(-c2[nH]c3ccc(C4CCN(C5CCCN(C6CCCC6)CC5)CC4)cc3c2C)cc1OC. The van der Waals surface area contributed by atoms with Crippen molar-refractivity contribution in [3.63, 3.8) is 0 Å². The van der Waals surface area contributed by atoms with Crippen LogP contribution in [0, 0.1) is 6.92 Å². The molecule has 0 radical (unpaired) electrons. The van der Waals surface area contributed by atoms with E-state index in [4.69, 9.17) is 9.47 Å². The molecule has 204 valence electrons. The molecule has 0 bridgehead atoms. The first kappa shape index (κ1) is 25.8. The normalized spacial score (nSPS) is 22.7. The minimum absolute atomic E-state index is 0.662. The average molecular weight is 516 g/mol. The molecular formula is C33H45N3O2. The minimum Gasteiger partial charge on any atom is -0.493 e. The second kappa shape index (κ2) is 11.3. The molecule has 3 heterocycles. The number of likely N-dealkylation sites (tertiary alicyclic amines) is 2. The Balaban J connectivity index is 1.12. The summed E-state index contributed by atoms with van der Waals surface area (Å²) < 4.78 is 11.0. The second-order valence-electron chi connectivity index (χ2n) is 11.9. The Kier molecular flexibility index (Phi) is 7.67. The molecule has 1 aliphatic carbocycles. The van der Waals surface area contributed by atoms with Gasteiger partial charge >= 0.3 is 0 Å². The van der Waals surface area contributed by atoms with Gasteiger partial charge in [0.05, 0.1) is 14.2 Å². The quantitative estimate of drug-likeness (QED) is 0.379. The van der Waals surface area contributed by atoms with Crippen molar-refractivity contribution in [2.45, 2.75) is 82.7 Å². The number of nitrogens with zero attached hydrogens (tertiary/aromatic N) is 2. The van der Waals surface area contributed by atoms with Crippen LogP contribution in [0.15, 0.2) is 36.4 Å². The molecule has 1 saturated carbocycles. The lowest BCUT2D eigenvalue weighted by molar-refractivity contribution is 0.134. The Morgan fingerprint density at radius 2 is 1.39 bits per heavy atom. The van der Waals surface area contributed by atoms with E-state index >= 15 is 0 Å². The molecule has 3 aliphatic rings. The summed E-state index contributed by atoms with van der Waals surface area (Å²) in [5, 5.41) is 1.34. The number of benzene rings is 2. The van der Waals surface area contributed by atoms with Crippen molar-refractivity contribution in [3.8, 4) is 22.8 Å². The van der Waals surface area contributed by atoms with Crippen LogP contribution in [-0.4, -0.2) is 67.3 Å². The van der Waals surface area contributed by atoms with Gasteiger partial charge in [-0.1, -0.05) is 18.9 Å². The van der Waals surface area contributed by atoms with E-state index in [1.54, 1.807) is 14.2 Å². The molecular weight excluding hydrogens is 470 g/mol. The van der Waals surface area contributed by atoms with Crippen molar-refractivity contribution in [2.75, 3.05) is 40.4 Å². The predicted molar refractivity (Wildman–Crippen MR) is 157 cm³/mol. The molecule has 1 atom stereocenters. The van der Waals surface area contributed by atoms with Gasteiger partial charge < -0.3 is 24.3 Å². The number of piperidine rings is 1. The lowest BCUT2D eigenvalue weighted by Crippen LogP contribution is -2.42. The monoisotopic (exact) mass is 515 g/mol. The summed E-state index contributed by atoms with van der Waals surface area (Å²) >= 11 is 0. The van der Waals surface area contributed by atoms with Crippen molar-refractivity contribution in [2.24, 2.45) is 0 Å². The molecule has 0 amide bonds. The summed E-state index contributed by atoms with van der Waals surface area (Å²) in [6.07, 6.45) is 12.5. The van der Waals surface area contributed by atoms with Crippen LogP contribution < -0.4 is 9.47 Å². The summed E-state index contributed by atoms with van der Waals surface area (Å²) in [6, 6.07) is 14.9. The van der Waals surface area contributed by atoms with Gasteiger partial charge in [0.2, 0.25) is 0 Å². The maximum atomic E-state index is 5.55. The van der Waals surface area contributed by atoms with Crippen LogP contribution in [0.5, 0.6) is 11.5 Å². The van der Waals surface area contributed by atoms with E-state index in [1.807, 2.05) is 6.07 Å². The maximum Gasteiger partial charge on any atom is 0.161 e. The molecule has 6 rings (SSSR count). The zero-order chi connectivity index (χ0) is 26.1. The van der Waals surface area contributed by atoms with Gasteiger partial charge in [0.15, 0.2) is 11.5 Å². The highest BCUT2D eigenvalue weighted by molar-refractivity contribution is 5.91. The van der Waals surface area contributed by atoms with E-state index in [9.17, 15) is 0 Å². The molecule has 2 aliphatic heterocycles. The highest BCUT2D eigenvalue weighted by atomic mass is 16.5. The maximum absolute atomic E-state index is 5.55. The number of nitrogens with one attached hydrogen (secondary N) is 1. The van der Waals surface area contributed by atoms with E-state index in [-0.39, 0.29) is 0 Å². The van der Waals surface area contributed by atoms with Crippen LogP contribution in [0.4, 0.5) is 0 Å². The topological polar surface area (TPSA) is 40.7 Å². The average Bonchev–Trinajstić information content (AvgIpc) is 3.54. The molecule has 1 unspecified atom stereocenters. The lowest BCUT2D eigenvalue weighted by Gasteiger charge is -2.37. The van der Waals surface area contributed by atoms with E-state index < -0.39 is 0 Å². The Morgan fingerprint density at radius 3 is 2.16 bits per heavy atom. The summed E-state index contributed by atoms with van der Waals surface area (Å²) in [5.41, 5.74) is 6.30. The minimum atomic E-state index is 0.662. The van der Waals surface area contributed by atoms with Gasteiger partial charge in [0.1, 0.15) is 0 Å². The third-order valence-corrected chi connectivity index (χ3v) is 9.85. The van der Waals surface area contributed by atoms with Crippen molar-refractivity contribution >= 4 is 10.9 Å². The van der Waals surface area contributed by atoms with Crippen LogP contribution in [0.3, 0.4) is 0 Å². The molecule has 2 aromatic carbocycles. The first-order valence-corrected chi connectivity index (χ1v) is 15.0. The number of aromatic amines is 1. The third-order valence-electron chi connectivity index (χ3n) is 9.85. The lowest BCUT2D eigenvalue weighted by atomic mass is 9.87. The molecule has 5 nitrogen and oxygen atoms in total. The second-order valence-corrected chi connectivity index (χ2v) is 11.9. The Morgan fingerprint density at radius 1 is 0.711 bits per heavy atom. The summed E-state index contributed by atoms with van der Waals surface area (Å²) in [4.78, 5) is 9.35. The fourth-order valence-corrected chi connectivity index (χ4v) is 7.58. The summed E-state index contributed by atoms with van der Waals surface area (Å²) in [6.45, 7) is 7.39. The molecule has 1 aromatic heterocycles. The van der Waals surface area contributed by atoms with E-state index in [1.165, 1.54) is 106 Å². The van der Waals surface area contributed by atoms with Gasteiger partial charge in [0, 0.05) is 34.2 Å².